The van der Waals surface area contributed by atoms with E-state index in [4.69, 9.17) is 4.74 Å². The van der Waals surface area contributed by atoms with E-state index >= 15 is 0 Å². The van der Waals surface area contributed by atoms with Gasteiger partial charge in [0.15, 0.2) is 0 Å². The Hall–Kier alpha value is -2.73. The highest BCUT2D eigenvalue weighted by Gasteiger charge is 2.39. The molecule has 2 amide bonds. The third-order valence-electron chi connectivity index (χ3n) is 4.56. The van der Waals surface area contributed by atoms with Crippen molar-refractivity contribution in [3.63, 3.8) is 0 Å². The Kier molecular flexibility index (Phi) is 5.86. The van der Waals surface area contributed by atoms with Crippen LogP contribution in [0.25, 0.3) is 0 Å². The van der Waals surface area contributed by atoms with Crippen molar-refractivity contribution in [3.8, 4) is 5.75 Å². The molecule has 0 radical (unpaired) electrons. The standard InChI is InChI=1S/C21H22FNO4/c1-14-3-2-4-19(9-14)27-13-18(24)12-23-20(25)11-16(21(23)26)10-15-5-7-17(22)8-6-15/h2-9,16,18,24H,10-13H2,1H3. The van der Waals surface area contributed by atoms with Crippen molar-refractivity contribution in [1.29, 1.82) is 0 Å². The number of nitrogens with zero attached hydrogens (tertiary/aromatic N) is 1. The molecule has 3 rings (SSSR count). The van der Waals surface area contributed by atoms with E-state index in [1.165, 1.54) is 12.1 Å². The number of aliphatic hydroxyl groups excluding tert-OH is 1. The minimum Gasteiger partial charge on any atom is -0.491 e. The molecular formula is C21H22FNO4. The summed E-state index contributed by atoms with van der Waals surface area (Å²) in [6.45, 7) is 1.83. The van der Waals surface area contributed by atoms with Crippen LogP contribution in [0.4, 0.5) is 4.39 Å². The van der Waals surface area contributed by atoms with Gasteiger partial charge in [-0.3, -0.25) is 14.5 Å². The van der Waals surface area contributed by atoms with E-state index in [2.05, 4.69) is 0 Å². The van der Waals surface area contributed by atoms with Gasteiger partial charge in [0.1, 0.15) is 24.3 Å². The molecule has 2 atom stereocenters. The number of aryl methyl sites for hydroxylation is 1. The summed E-state index contributed by atoms with van der Waals surface area (Å²) in [5.74, 6) is -0.804. The maximum Gasteiger partial charge on any atom is 0.233 e. The van der Waals surface area contributed by atoms with Crippen LogP contribution in [-0.4, -0.2) is 41.1 Å². The van der Waals surface area contributed by atoms with Crippen molar-refractivity contribution < 1.29 is 23.8 Å². The number of carbonyl (C=O) groups excluding carboxylic acids is 2. The quantitative estimate of drug-likeness (QED) is 0.760. The second-order valence-corrected chi connectivity index (χ2v) is 6.86. The highest BCUT2D eigenvalue weighted by molar-refractivity contribution is 6.03. The van der Waals surface area contributed by atoms with Crippen LogP contribution in [0.2, 0.25) is 0 Å². The molecule has 0 aliphatic carbocycles. The Bertz CT molecular complexity index is 821. The maximum absolute atomic E-state index is 13.0. The summed E-state index contributed by atoms with van der Waals surface area (Å²) >= 11 is 0. The molecule has 142 valence electrons. The van der Waals surface area contributed by atoms with Crippen LogP contribution < -0.4 is 4.74 Å². The molecule has 1 N–H and O–H groups in total. The molecule has 0 aromatic heterocycles. The van der Waals surface area contributed by atoms with E-state index in [1.807, 2.05) is 25.1 Å². The molecule has 27 heavy (non-hydrogen) atoms. The molecular weight excluding hydrogens is 349 g/mol. The van der Waals surface area contributed by atoms with E-state index in [0.29, 0.717) is 12.2 Å². The maximum atomic E-state index is 13.0. The van der Waals surface area contributed by atoms with E-state index in [-0.39, 0.29) is 37.2 Å². The highest BCUT2D eigenvalue weighted by atomic mass is 19.1. The van der Waals surface area contributed by atoms with Crippen LogP contribution in [0.3, 0.4) is 0 Å². The topological polar surface area (TPSA) is 66.8 Å². The SMILES string of the molecule is Cc1cccc(OCC(O)CN2C(=O)CC(Cc3ccc(F)cc3)C2=O)c1. The lowest BCUT2D eigenvalue weighted by Gasteiger charge is -2.19. The molecule has 5 nitrogen and oxygen atoms in total. The number of ether oxygens (including phenoxy) is 1. The van der Waals surface area contributed by atoms with Crippen LogP contribution >= 0.6 is 0 Å². The van der Waals surface area contributed by atoms with Crippen LogP contribution in [-0.2, 0) is 16.0 Å². The van der Waals surface area contributed by atoms with E-state index < -0.39 is 12.0 Å². The van der Waals surface area contributed by atoms with Gasteiger partial charge < -0.3 is 9.84 Å². The molecule has 2 unspecified atom stereocenters. The first-order chi connectivity index (χ1) is 12.9. The molecule has 0 bridgehead atoms. The van der Waals surface area contributed by atoms with Crippen molar-refractivity contribution in [2.75, 3.05) is 13.2 Å². The summed E-state index contributed by atoms with van der Waals surface area (Å²) in [5, 5.41) is 10.2. The van der Waals surface area contributed by atoms with Gasteiger partial charge in [-0.2, -0.15) is 0 Å². The van der Waals surface area contributed by atoms with E-state index in [9.17, 15) is 19.1 Å². The molecule has 1 saturated heterocycles. The third kappa shape index (κ3) is 4.92. The molecule has 1 aliphatic rings. The summed E-state index contributed by atoms with van der Waals surface area (Å²) in [6, 6.07) is 13.3. The van der Waals surface area contributed by atoms with Gasteiger partial charge in [-0.25, -0.2) is 4.39 Å². The Morgan fingerprint density at radius 2 is 1.96 bits per heavy atom. The molecule has 1 aliphatic heterocycles. The first-order valence-electron chi connectivity index (χ1n) is 8.88. The number of β-amino-alcohol motifs (C(OH)–C–C–N with tert-alkyl or cyclic N) is 1. The lowest BCUT2D eigenvalue weighted by atomic mass is 9.98. The zero-order valence-electron chi connectivity index (χ0n) is 15.1. The van der Waals surface area contributed by atoms with Gasteiger partial charge in [0.05, 0.1) is 12.5 Å². The first kappa shape index (κ1) is 19.0. The van der Waals surface area contributed by atoms with Gasteiger partial charge in [-0.1, -0.05) is 24.3 Å². The van der Waals surface area contributed by atoms with E-state index in [0.717, 1.165) is 16.0 Å². The third-order valence-corrected chi connectivity index (χ3v) is 4.56. The Labute approximate surface area is 157 Å². The Morgan fingerprint density at radius 3 is 2.67 bits per heavy atom. The fraction of sp³-hybridized carbons (Fsp3) is 0.333. The van der Waals surface area contributed by atoms with Gasteiger partial charge in [-0.15, -0.1) is 0 Å². The predicted octanol–water partition coefficient (Wildman–Crippen LogP) is 2.49. The van der Waals surface area contributed by atoms with Gasteiger partial charge in [0, 0.05) is 6.42 Å². The summed E-state index contributed by atoms with van der Waals surface area (Å²) in [4.78, 5) is 25.8. The Morgan fingerprint density at radius 1 is 1.22 bits per heavy atom. The van der Waals surface area contributed by atoms with Crippen molar-refractivity contribution in [2.45, 2.75) is 25.9 Å². The second-order valence-electron chi connectivity index (χ2n) is 6.86. The number of aliphatic hydroxyl groups is 1. The lowest BCUT2D eigenvalue weighted by Crippen LogP contribution is -2.39. The number of hydrogen-bond donors (Lipinski definition) is 1. The van der Waals surface area contributed by atoms with E-state index in [1.54, 1.807) is 18.2 Å². The fourth-order valence-electron chi connectivity index (χ4n) is 3.17. The van der Waals surface area contributed by atoms with Crippen molar-refractivity contribution in [3.05, 3.63) is 65.5 Å². The number of halogens is 1. The first-order valence-corrected chi connectivity index (χ1v) is 8.88. The molecule has 2 aromatic rings. The lowest BCUT2D eigenvalue weighted by molar-refractivity contribution is -0.141. The number of amides is 2. The number of carbonyl (C=O) groups is 2. The minimum absolute atomic E-state index is 0.0108. The van der Waals surface area contributed by atoms with Gasteiger partial charge in [-0.05, 0) is 48.7 Å². The van der Waals surface area contributed by atoms with Gasteiger partial charge in [0.2, 0.25) is 11.8 Å². The van der Waals surface area contributed by atoms with Crippen molar-refractivity contribution >= 4 is 11.8 Å². The van der Waals surface area contributed by atoms with Crippen LogP contribution in [0.15, 0.2) is 48.5 Å². The highest BCUT2D eigenvalue weighted by Crippen LogP contribution is 2.24. The fourth-order valence-corrected chi connectivity index (χ4v) is 3.17. The summed E-state index contributed by atoms with van der Waals surface area (Å²) < 4.78 is 18.5. The number of imide groups is 1. The van der Waals surface area contributed by atoms with Crippen LogP contribution in [0.5, 0.6) is 5.75 Å². The van der Waals surface area contributed by atoms with Crippen molar-refractivity contribution in [1.82, 2.24) is 4.90 Å². The molecule has 1 fully saturated rings. The minimum atomic E-state index is -0.969. The molecule has 2 aromatic carbocycles. The number of rotatable bonds is 7. The number of likely N-dealkylation sites (tertiary alicyclic amines) is 1. The molecule has 1 heterocycles. The largest absolute Gasteiger partial charge is 0.491 e. The summed E-state index contributed by atoms with van der Waals surface area (Å²) in [5.41, 5.74) is 1.84. The second kappa shape index (κ2) is 8.31. The average molecular weight is 371 g/mol. The Balaban J connectivity index is 1.54. The average Bonchev–Trinajstić information content (AvgIpc) is 2.89. The summed E-state index contributed by atoms with van der Waals surface area (Å²) in [7, 11) is 0. The predicted molar refractivity (Wildman–Crippen MR) is 97.6 cm³/mol. The molecule has 0 saturated carbocycles. The summed E-state index contributed by atoms with van der Waals surface area (Å²) in [6.07, 6.45) is -0.498. The zero-order chi connectivity index (χ0) is 19.4. The van der Waals surface area contributed by atoms with Crippen molar-refractivity contribution in [2.24, 2.45) is 5.92 Å². The smallest absolute Gasteiger partial charge is 0.233 e. The zero-order valence-corrected chi connectivity index (χ0v) is 15.1. The van der Waals surface area contributed by atoms with Crippen LogP contribution in [0.1, 0.15) is 17.5 Å². The monoisotopic (exact) mass is 371 g/mol. The number of hydrogen-bond acceptors (Lipinski definition) is 4. The van der Waals surface area contributed by atoms with Gasteiger partial charge >= 0.3 is 0 Å². The molecule has 6 heteroatoms. The van der Waals surface area contributed by atoms with Gasteiger partial charge in [0.25, 0.3) is 0 Å². The number of benzene rings is 2. The normalized spacial score (nSPS) is 18.0. The molecule has 0 spiro atoms. The van der Waals surface area contributed by atoms with Crippen LogP contribution in [0, 0.1) is 18.7 Å².